The van der Waals surface area contributed by atoms with Crippen molar-refractivity contribution in [3.8, 4) is 0 Å². The van der Waals surface area contributed by atoms with E-state index in [0.29, 0.717) is 11.9 Å². The number of anilines is 2. The third-order valence-electron chi connectivity index (χ3n) is 3.51. The lowest BCUT2D eigenvalue weighted by atomic mass is 10.3. The molecule has 0 aliphatic carbocycles. The van der Waals surface area contributed by atoms with Crippen molar-refractivity contribution in [1.82, 2.24) is 19.3 Å². The molecule has 1 aliphatic heterocycles. The van der Waals surface area contributed by atoms with Gasteiger partial charge in [-0.2, -0.15) is 0 Å². The zero-order chi connectivity index (χ0) is 13.2. The Labute approximate surface area is 112 Å². The predicted molar refractivity (Wildman–Crippen MR) is 76.2 cm³/mol. The molecule has 2 aromatic rings. The molecule has 0 bridgehead atoms. The van der Waals surface area contributed by atoms with E-state index in [0.717, 1.165) is 18.0 Å². The first-order valence-corrected chi connectivity index (χ1v) is 6.80. The van der Waals surface area contributed by atoms with Gasteiger partial charge in [-0.25, -0.2) is 9.97 Å². The van der Waals surface area contributed by atoms with Crippen molar-refractivity contribution in [2.24, 2.45) is 0 Å². The van der Waals surface area contributed by atoms with E-state index in [1.807, 2.05) is 10.6 Å². The first-order chi connectivity index (χ1) is 9.22. The summed E-state index contributed by atoms with van der Waals surface area (Å²) in [5.74, 6) is 1.26. The fourth-order valence-corrected chi connectivity index (χ4v) is 2.68. The standard InChI is InChI=1S/C13H20N6/c1-10(8-18-5-2-3-6-18)16-12-13-15-4-7-19(13)9-11(14)17-12/h4,7,9-10H,2-3,5-6,8,14H2,1H3,(H,16,17). The topological polar surface area (TPSA) is 71.5 Å². The van der Waals surface area contributed by atoms with Gasteiger partial charge in [0.25, 0.3) is 0 Å². The number of hydrogen-bond donors (Lipinski definition) is 2. The Bertz CT molecular complexity index is 557. The highest BCUT2D eigenvalue weighted by Crippen LogP contribution is 2.16. The molecule has 0 amide bonds. The monoisotopic (exact) mass is 260 g/mol. The molecule has 0 aromatic carbocycles. The summed E-state index contributed by atoms with van der Waals surface area (Å²) < 4.78 is 1.90. The van der Waals surface area contributed by atoms with Crippen LogP contribution in [0.15, 0.2) is 18.6 Å². The first kappa shape index (κ1) is 12.2. The zero-order valence-corrected chi connectivity index (χ0v) is 11.2. The molecule has 1 fully saturated rings. The molecular weight excluding hydrogens is 240 g/mol. The lowest BCUT2D eigenvalue weighted by Crippen LogP contribution is -2.33. The summed E-state index contributed by atoms with van der Waals surface area (Å²) in [5.41, 5.74) is 6.63. The van der Waals surface area contributed by atoms with E-state index in [4.69, 9.17) is 5.73 Å². The predicted octanol–water partition coefficient (Wildman–Crippen LogP) is 1.21. The molecular formula is C13H20N6. The normalized spacial score (nSPS) is 17.9. The Morgan fingerprint density at radius 2 is 2.21 bits per heavy atom. The van der Waals surface area contributed by atoms with Crippen LogP contribution < -0.4 is 11.1 Å². The SMILES string of the molecule is CC(CN1CCCC1)Nc1nc(N)cn2ccnc12. The molecule has 1 saturated heterocycles. The Balaban J connectivity index is 1.74. The van der Waals surface area contributed by atoms with Crippen LogP contribution in [0.1, 0.15) is 19.8 Å². The summed E-state index contributed by atoms with van der Waals surface area (Å²) in [6, 6.07) is 0.327. The van der Waals surface area contributed by atoms with Crippen LogP contribution in [0.25, 0.3) is 5.65 Å². The first-order valence-electron chi connectivity index (χ1n) is 6.80. The van der Waals surface area contributed by atoms with Gasteiger partial charge >= 0.3 is 0 Å². The number of nitrogens with two attached hydrogens (primary N) is 1. The number of nitrogen functional groups attached to an aromatic ring is 1. The number of likely N-dealkylation sites (tertiary alicyclic amines) is 1. The van der Waals surface area contributed by atoms with Gasteiger partial charge in [0, 0.05) is 25.0 Å². The van der Waals surface area contributed by atoms with Crippen LogP contribution in [-0.4, -0.2) is 44.9 Å². The number of fused-ring (bicyclic) bond motifs is 1. The second-order valence-electron chi connectivity index (χ2n) is 5.23. The fraction of sp³-hybridized carbons (Fsp3) is 0.538. The van der Waals surface area contributed by atoms with E-state index < -0.39 is 0 Å². The van der Waals surface area contributed by atoms with Crippen molar-refractivity contribution >= 4 is 17.3 Å². The average Bonchev–Trinajstić information content (AvgIpc) is 2.99. The summed E-state index contributed by atoms with van der Waals surface area (Å²) in [6.07, 6.45) is 8.04. The fourth-order valence-electron chi connectivity index (χ4n) is 2.68. The highest BCUT2D eigenvalue weighted by Gasteiger charge is 2.16. The third-order valence-corrected chi connectivity index (χ3v) is 3.51. The van der Waals surface area contributed by atoms with Gasteiger partial charge in [0.2, 0.25) is 0 Å². The second kappa shape index (κ2) is 5.05. The molecule has 0 radical (unpaired) electrons. The van der Waals surface area contributed by atoms with Crippen LogP contribution in [-0.2, 0) is 0 Å². The molecule has 3 N–H and O–H groups in total. The number of imidazole rings is 1. The van der Waals surface area contributed by atoms with Gasteiger partial charge in [0.05, 0.1) is 6.20 Å². The average molecular weight is 260 g/mol. The number of rotatable bonds is 4. The van der Waals surface area contributed by atoms with Crippen molar-refractivity contribution in [1.29, 1.82) is 0 Å². The van der Waals surface area contributed by atoms with Crippen molar-refractivity contribution in [2.45, 2.75) is 25.8 Å². The summed E-state index contributed by atoms with van der Waals surface area (Å²) >= 11 is 0. The van der Waals surface area contributed by atoms with Gasteiger partial charge in [-0.3, -0.25) is 0 Å². The molecule has 1 unspecified atom stereocenters. The van der Waals surface area contributed by atoms with Crippen LogP contribution in [0, 0.1) is 0 Å². The Morgan fingerprint density at radius 1 is 1.42 bits per heavy atom. The molecule has 0 spiro atoms. The minimum atomic E-state index is 0.327. The highest BCUT2D eigenvalue weighted by molar-refractivity contribution is 5.65. The summed E-state index contributed by atoms with van der Waals surface area (Å²) in [7, 11) is 0. The molecule has 1 aliphatic rings. The maximum Gasteiger partial charge on any atom is 0.180 e. The molecule has 1 atom stereocenters. The maximum absolute atomic E-state index is 5.81. The van der Waals surface area contributed by atoms with Gasteiger partial charge in [0.1, 0.15) is 5.82 Å². The molecule has 2 aromatic heterocycles. The quantitative estimate of drug-likeness (QED) is 0.864. The Hall–Kier alpha value is -1.82. The van der Waals surface area contributed by atoms with Gasteiger partial charge in [0.15, 0.2) is 11.5 Å². The van der Waals surface area contributed by atoms with E-state index in [2.05, 4.69) is 27.1 Å². The van der Waals surface area contributed by atoms with Crippen LogP contribution in [0.3, 0.4) is 0 Å². The van der Waals surface area contributed by atoms with E-state index in [1.54, 1.807) is 12.4 Å². The third kappa shape index (κ3) is 2.63. The summed E-state index contributed by atoms with van der Waals surface area (Å²) in [5, 5.41) is 3.42. The minimum absolute atomic E-state index is 0.327. The van der Waals surface area contributed by atoms with Crippen LogP contribution in [0.2, 0.25) is 0 Å². The van der Waals surface area contributed by atoms with Crippen molar-refractivity contribution < 1.29 is 0 Å². The highest BCUT2D eigenvalue weighted by atomic mass is 15.2. The van der Waals surface area contributed by atoms with E-state index in [1.165, 1.54) is 25.9 Å². The molecule has 0 saturated carbocycles. The zero-order valence-electron chi connectivity index (χ0n) is 11.2. The largest absolute Gasteiger partial charge is 0.382 e. The lowest BCUT2D eigenvalue weighted by Gasteiger charge is -2.21. The van der Waals surface area contributed by atoms with Gasteiger partial charge in [-0.1, -0.05) is 0 Å². The van der Waals surface area contributed by atoms with E-state index in [-0.39, 0.29) is 0 Å². The van der Waals surface area contributed by atoms with Crippen LogP contribution in [0.4, 0.5) is 11.6 Å². The van der Waals surface area contributed by atoms with Crippen molar-refractivity contribution in [3.05, 3.63) is 18.6 Å². The van der Waals surface area contributed by atoms with Gasteiger partial charge < -0.3 is 20.4 Å². The Morgan fingerprint density at radius 3 is 3.00 bits per heavy atom. The smallest absolute Gasteiger partial charge is 0.180 e. The molecule has 19 heavy (non-hydrogen) atoms. The number of hydrogen-bond acceptors (Lipinski definition) is 5. The molecule has 102 valence electrons. The molecule has 3 rings (SSSR count). The number of nitrogens with one attached hydrogen (secondary N) is 1. The van der Waals surface area contributed by atoms with Crippen molar-refractivity contribution in [3.63, 3.8) is 0 Å². The molecule has 6 heteroatoms. The molecule has 6 nitrogen and oxygen atoms in total. The van der Waals surface area contributed by atoms with Crippen molar-refractivity contribution in [2.75, 3.05) is 30.7 Å². The maximum atomic E-state index is 5.81. The van der Waals surface area contributed by atoms with Crippen LogP contribution >= 0.6 is 0 Å². The van der Waals surface area contributed by atoms with Gasteiger partial charge in [-0.15, -0.1) is 0 Å². The summed E-state index contributed by atoms with van der Waals surface area (Å²) in [6.45, 7) is 5.61. The number of nitrogens with zero attached hydrogens (tertiary/aromatic N) is 4. The number of aromatic nitrogens is 3. The lowest BCUT2D eigenvalue weighted by molar-refractivity contribution is 0.327. The minimum Gasteiger partial charge on any atom is -0.382 e. The van der Waals surface area contributed by atoms with E-state index >= 15 is 0 Å². The van der Waals surface area contributed by atoms with Gasteiger partial charge in [-0.05, 0) is 32.9 Å². The van der Waals surface area contributed by atoms with E-state index in [9.17, 15) is 0 Å². The summed E-state index contributed by atoms with van der Waals surface area (Å²) in [4.78, 5) is 11.1. The molecule has 3 heterocycles. The Kier molecular flexibility index (Phi) is 3.25. The van der Waals surface area contributed by atoms with Crippen LogP contribution in [0.5, 0.6) is 0 Å². The second-order valence-corrected chi connectivity index (χ2v) is 5.23.